The van der Waals surface area contributed by atoms with E-state index in [4.69, 9.17) is 0 Å². The number of nitrogens with zero attached hydrogens (tertiary/aromatic N) is 3. The van der Waals surface area contributed by atoms with Gasteiger partial charge in [0.05, 0.1) is 33.7 Å². The van der Waals surface area contributed by atoms with Crippen molar-refractivity contribution in [2.75, 3.05) is 23.3 Å². The van der Waals surface area contributed by atoms with E-state index >= 15 is 0 Å². The van der Waals surface area contributed by atoms with Crippen LogP contribution in [0.3, 0.4) is 0 Å². The largest absolute Gasteiger partial charge is 0.506 e. The van der Waals surface area contributed by atoms with Crippen molar-refractivity contribution in [2.24, 2.45) is 22.4 Å². The standard InChI is InChI=1S/C42H62N4O4/c1-8-42(6,7)40(50)43-33-27-31(45(25-15-13-21-29-17-9-10-18-29)26-16-14-22-30-19-11-12-20-30)23-24-32(33)35-37(47)36(38(35)48)34-28(2)44-46(39(34)49)41(3,4)5/h23-24,27,29-30,47H,8-22,25-26H2,1-7H3,(H,43,50)/b36-34+. The van der Waals surface area contributed by atoms with Crippen LogP contribution in [0.15, 0.2) is 40.2 Å². The van der Waals surface area contributed by atoms with Gasteiger partial charge in [-0.2, -0.15) is 5.10 Å². The summed E-state index contributed by atoms with van der Waals surface area (Å²) in [4.78, 5) is 43.3. The van der Waals surface area contributed by atoms with Crippen molar-refractivity contribution in [2.45, 2.75) is 150 Å². The predicted molar refractivity (Wildman–Crippen MR) is 204 cm³/mol. The van der Waals surface area contributed by atoms with E-state index in [1.165, 1.54) is 82.1 Å². The molecule has 50 heavy (non-hydrogen) atoms. The van der Waals surface area contributed by atoms with E-state index in [1.807, 2.05) is 59.7 Å². The normalized spacial score (nSPS) is 20.6. The molecule has 2 saturated carbocycles. The number of hydrogen-bond donors (Lipinski definition) is 2. The average Bonchev–Trinajstić information content (AvgIpc) is 3.85. The monoisotopic (exact) mass is 686 g/mol. The van der Waals surface area contributed by atoms with Gasteiger partial charge in [0.25, 0.3) is 5.91 Å². The van der Waals surface area contributed by atoms with Crippen molar-refractivity contribution >= 4 is 40.3 Å². The van der Waals surface area contributed by atoms with E-state index in [9.17, 15) is 19.5 Å². The number of carbonyl (C=O) groups is 3. The first kappa shape index (κ1) is 37.8. The summed E-state index contributed by atoms with van der Waals surface area (Å²) in [5, 5.41) is 20.4. The minimum Gasteiger partial charge on any atom is -0.506 e. The molecule has 4 aliphatic rings. The smallest absolute Gasteiger partial charge is 0.277 e. The summed E-state index contributed by atoms with van der Waals surface area (Å²) >= 11 is 0. The number of unbranched alkanes of at least 4 members (excludes halogenated alkanes) is 2. The third-order valence-electron chi connectivity index (χ3n) is 11.7. The van der Waals surface area contributed by atoms with Crippen molar-refractivity contribution in [1.29, 1.82) is 0 Å². The number of hydrogen-bond acceptors (Lipinski definition) is 6. The van der Waals surface area contributed by atoms with Gasteiger partial charge in [0, 0.05) is 29.8 Å². The molecule has 0 spiro atoms. The van der Waals surface area contributed by atoms with Gasteiger partial charge in [0.15, 0.2) is 0 Å². The van der Waals surface area contributed by atoms with Crippen LogP contribution in [0.4, 0.5) is 11.4 Å². The second-order valence-electron chi connectivity index (χ2n) is 17.0. The minimum atomic E-state index is -0.624. The molecule has 0 unspecified atom stereocenters. The lowest BCUT2D eigenvalue weighted by Gasteiger charge is -2.30. The number of ketones is 1. The SMILES string of the molecule is CCC(C)(C)C(=O)Nc1cc(N(CCCCC2CCCC2)CCCCC2CCCC2)ccc1C1=C(O)/C(=C2\C(=O)N(C(C)(C)C)N=C2C)C1=O. The number of aliphatic hydroxyl groups is 1. The lowest BCUT2D eigenvalue weighted by Crippen LogP contribution is -2.40. The molecule has 8 nitrogen and oxygen atoms in total. The fourth-order valence-corrected chi connectivity index (χ4v) is 8.07. The van der Waals surface area contributed by atoms with Gasteiger partial charge in [-0.3, -0.25) is 14.4 Å². The Morgan fingerprint density at radius 1 is 0.880 bits per heavy atom. The number of anilines is 2. The third-order valence-corrected chi connectivity index (χ3v) is 11.7. The molecular weight excluding hydrogens is 624 g/mol. The van der Waals surface area contributed by atoms with Crippen molar-refractivity contribution < 1.29 is 19.5 Å². The summed E-state index contributed by atoms with van der Waals surface area (Å²) in [7, 11) is 0. The van der Waals surface area contributed by atoms with Gasteiger partial charge in [-0.05, 0) is 77.0 Å². The molecule has 274 valence electrons. The summed E-state index contributed by atoms with van der Waals surface area (Å²) in [6, 6.07) is 5.87. The number of benzene rings is 1. The zero-order valence-electron chi connectivity index (χ0n) is 31.9. The highest BCUT2D eigenvalue weighted by atomic mass is 16.3. The molecule has 5 rings (SSSR count). The van der Waals surface area contributed by atoms with Crippen LogP contribution in [0.5, 0.6) is 0 Å². The maximum Gasteiger partial charge on any atom is 0.277 e. The fraction of sp³-hybridized carbons (Fsp3) is 0.667. The number of aliphatic hydroxyl groups excluding tert-OH is 1. The highest BCUT2D eigenvalue weighted by Gasteiger charge is 2.45. The Bertz CT molecular complexity index is 1510. The lowest BCUT2D eigenvalue weighted by atomic mass is 9.79. The molecule has 1 aliphatic heterocycles. The van der Waals surface area contributed by atoms with Gasteiger partial charge < -0.3 is 15.3 Å². The third kappa shape index (κ3) is 8.37. The number of carbonyl (C=O) groups excluding carboxylic acids is 3. The molecule has 2 amide bonds. The van der Waals surface area contributed by atoms with Crippen molar-refractivity contribution in [3.63, 3.8) is 0 Å². The van der Waals surface area contributed by atoms with Crippen LogP contribution in [0.25, 0.3) is 5.57 Å². The van der Waals surface area contributed by atoms with Crippen molar-refractivity contribution in [1.82, 2.24) is 5.01 Å². The fourth-order valence-electron chi connectivity index (χ4n) is 8.07. The molecule has 2 fully saturated rings. The number of amides is 2. The Morgan fingerprint density at radius 2 is 1.44 bits per heavy atom. The molecule has 1 aromatic rings. The first-order chi connectivity index (χ1) is 23.7. The Kier molecular flexibility index (Phi) is 12.0. The summed E-state index contributed by atoms with van der Waals surface area (Å²) in [6.07, 6.45) is 18.9. The van der Waals surface area contributed by atoms with Crippen LogP contribution in [0.2, 0.25) is 0 Å². The maximum absolute atomic E-state index is 13.9. The Labute approximate surface area is 300 Å². The minimum absolute atomic E-state index is 0.000562. The zero-order valence-corrected chi connectivity index (χ0v) is 31.9. The second-order valence-corrected chi connectivity index (χ2v) is 17.0. The number of nitrogens with one attached hydrogen (secondary N) is 1. The van der Waals surface area contributed by atoms with Gasteiger partial charge in [-0.1, -0.05) is 97.8 Å². The Hall–Kier alpha value is -3.42. The van der Waals surface area contributed by atoms with Gasteiger partial charge in [0.1, 0.15) is 5.76 Å². The molecule has 0 radical (unpaired) electrons. The maximum atomic E-state index is 13.9. The van der Waals surface area contributed by atoms with Gasteiger partial charge >= 0.3 is 0 Å². The molecular formula is C42H62N4O4. The van der Waals surface area contributed by atoms with Crippen LogP contribution in [-0.4, -0.2) is 52.1 Å². The average molecular weight is 687 g/mol. The molecule has 0 atom stereocenters. The van der Waals surface area contributed by atoms with E-state index < -0.39 is 22.6 Å². The highest BCUT2D eigenvalue weighted by Crippen LogP contribution is 2.44. The Balaban J connectivity index is 1.44. The second kappa shape index (κ2) is 15.9. The van der Waals surface area contributed by atoms with E-state index in [-0.39, 0.29) is 28.4 Å². The molecule has 0 saturated heterocycles. The molecule has 3 aliphatic carbocycles. The van der Waals surface area contributed by atoms with Crippen molar-refractivity contribution in [3.05, 3.63) is 40.7 Å². The molecule has 1 aromatic carbocycles. The summed E-state index contributed by atoms with van der Waals surface area (Å²) in [5.41, 5.74) is 1.46. The van der Waals surface area contributed by atoms with Gasteiger partial charge in [-0.25, -0.2) is 5.01 Å². The van der Waals surface area contributed by atoms with E-state index in [0.29, 0.717) is 23.4 Å². The predicted octanol–water partition coefficient (Wildman–Crippen LogP) is 9.75. The number of Topliss-reactive ketones (excluding diaryl/α,β-unsaturated/α-hetero) is 1. The van der Waals surface area contributed by atoms with E-state index in [0.717, 1.165) is 43.5 Å². The number of hydrazone groups is 1. The Morgan fingerprint density at radius 3 is 1.92 bits per heavy atom. The summed E-state index contributed by atoms with van der Waals surface area (Å²) in [5.74, 6) is 0.587. The summed E-state index contributed by atoms with van der Waals surface area (Å²) < 4.78 is 0. The quantitative estimate of drug-likeness (QED) is 0.141. The first-order valence-corrected chi connectivity index (χ1v) is 19.6. The summed E-state index contributed by atoms with van der Waals surface area (Å²) in [6.45, 7) is 15.0. The molecule has 0 bridgehead atoms. The zero-order chi connectivity index (χ0) is 36.2. The topological polar surface area (TPSA) is 102 Å². The molecule has 2 N–H and O–H groups in total. The number of allylic oxidation sites excluding steroid dienone is 2. The van der Waals surface area contributed by atoms with Crippen LogP contribution in [0.1, 0.15) is 150 Å². The van der Waals surface area contributed by atoms with E-state index in [2.05, 4.69) is 15.3 Å². The highest BCUT2D eigenvalue weighted by molar-refractivity contribution is 6.44. The molecule has 1 heterocycles. The lowest BCUT2D eigenvalue weighted by molar-refractivity contribution is -0.130. The van der Waals surface area contributed by atoms with Crippen molar-refractivity contribution in [3.8, 4) is 0 Å². The van der Waals surface area contributed by atoms with Gasteiger partial charge in [0.2, 0.25) is 11.7 Å². The van der Waals surface area contributed by atoms with Crippen LogP contribution >= 0.6 is 0 Å². The number of rotatable bonds is 15. The van der Waals surface area contributed by atoms with Crippen LogP contribution in [-0.2, 0) is 14.4 Å². The first-order valence-electron chi connectivity index (χ1n) is 19.6. The van der Waals surface area contributed by atoms with Gasteiger partial charge in [-0.15, -0.1) is 0 Å². The van der Waals surface area contributed by atoms with Crippen LogP contribution < -0.4 is 10.2 Å². The molecule has 8 heteroatoms. The van der Waals surface area contributed by atoms with Crippen LogP contribution in [0, 0.1) is 17.3 Å². The van der Waals surface area contributed by atoms with E-state index in [1.54, 1.807) is 6.92 Å². The molecule has 0 aromatic heterocycles.